The van der Waals surface area contributed by atoms with Gasteiger partial charge < -0.3 is 20.5 Å². The van der Waals surface area contributed by atoms with Gasteiger partial charge >= 0.3 is 0 Å². The molecule has 0 aliphatic carbocycles. The molecule has 1 aliphatic heterocycles. The van der Waals surface area contributed by atoms with Crippen molar-refractivity contribution in [2.24, 2.45) is 5.41 Å². The molecule has 0 spiro atoms. The Morgan fingerprint density at radius 1 is 1.39 bits per heavy atom. The molecule has 5 nitrogen and oxygen atoms in total. The van der Waals surface area contributed by atoms with Crippen LogP contribution in [0.2, 0.25) is 5.02 Å². The Morgan fingerprint density at radius 3 is 2.57 bits per heavy atom. The summed E-state index contributed by atoms with van der Waals surface area (Å²) in [5.41, 5.74) is 0.232. The van der Waals surface area contributed by atoms with Crippen molar-refractivity contribution in [3.05, 3.63) is 34.9 Å². The molecule has 23 heavy (non-hydrogen) atoms. The van der Waals surface area contributed by atoms with E-state index >= 15 is 0 Å². The number of piperidine rings is 1. The van der Waals surface area contributed by atoms with Gasteiger partial charge in [-0.1, -0.05) is 23.7 Å². The number of aliphatic hydroxyl groups excluding tert-OH is 1. The predicted octanol–water partition coefficient (Wildman–Crippen LogP) is 1.93. The van der Waals surface area contributed by atoms with E-state index in [1.165, 1.54) is 0 Å². The Hall–Kier alpha value is -0.850. The molecular formula is C16H24Cl2N2O3. The second-order valence-corrected chi connectivity index (χ2v) is 6.18. The standard InChI is InChI=1S/C16H23ClN2O3.ClH/c1-22-11-16(6-8-18-9-7-16)15(21)19-10-14(20)12-2-4-13(17)5-3-12;/h2-5,14,18,20H,6-11H2,1H3,(H,19,21);1H. The van der Waals surface area contributed by atoms with Gasteiger partial charge in [-0.2, -0.15) is 0 Å². The summed E-state index contributed by atoms with van der Waals surface area (Å²) in [5.74, 6) is -0.0520. The maximum Gasteiger partial charge on any atom is 0.228 e. The highest BCUT2D eigenvalue weighted by Crippen LogP contribution is 2.29. The van der Waals surface area contributed by atoms with Crippen LogP contribution in [-0.4, -0.2) is 44.4 Å². The van der Waals surface area contributed by atoms with Gasteiger partial charge in [-0.3, -0.25) is 4.79 Å². The molecule has 1 fully saturated rings. The number of ether oxygens (including phenoxy) is 1. The minimum atomic E-state index is -0.748. The van der Waals surface area contributed by atoms with Crippen molar-refractivity contribution in [2.45, 2.75) is 18.9 Å². The number of amides is 1. The molecule has 0 saturated carbocycles. The average Bonchev–Trinajstić information content (AvgIpc) is 2.54. The molecule has 1 saturated heterocycles. The number of hydrogen-bond acceptors (Lipinski definition) is 4. The van der Waals surface area contributed by atoms with Crippen molar-refractivity contribution in [1.29, 1.82) is 0 Å². The molecule has 7 heteroatoms. The number of carbonyl (C=O) groups is 1. The highest BCUT2D eigenvalue weighted by atomic mass is 35.5. The van der Waals surface area contributed by atoms with Crippen LogP contribution in [-0.2, 0) is 9.53 Å². The summed E-state index contributed by atoms with van der Waals surface area (Å²) in [6, 6.07) is 6.96. The van der Waals surface area contributed by atoms with E-state index in [2.05, 4.69) is 10.6 Å². The molecule has 1 amide bonds. The molecular weight excluding hydrogens is 339 g/mol. The molecule has 1 unspecified atom stereocenters. The van der Waals surface area contributed by atoms with Gasteiger partial charge in [0, 0.05) is 18.7 Å². The van der Waals surface area contributed by atoms with Crippen LogP contribution in [0.1, 0.15) is 24.5 Å². The first-order valence-corrected chi connectivity index (χ1v) is 7.87. The fourth-order valence-corrected chi connectivity index (χ4v) is 2.92. The fraction of sp³-hybridized carbons (Fsp3) is 0.562. The Kier molecular flexibility index (Phi) is 8.29. The quantitative estimate of drug-likeness (QED) is 0.722. The lowest BCUT2D eigenvalue weighted by Gasteiger charge is -2.35. The highest BCUT2D eigenvalue weighted by molar-refractivity contribution is 6.30. The van der Waals surface area contributed by atoms with E-state index in [1.807, 2.05) is 0 Å². The number of methoxy groups -OCH3 is 1. The fourth-order valence-electron chi connectivity index (χ4n) is 2.80. The van der Waals surface area contributed by atoms with Crippen LogP contribution in [0.15, 0.2) is 24.3 Å². The number of rotatable bonds is 6. The lowest BCUT2D eigenvalue weighted by molar-refractivity contribution is -0.136. The summed E-state index contributed by atoms with van der Waals surface area (Å²) in [7, 11) is 1.61. The van der Waals surface area contributed by atoms with Crippen molar-refractivity contribution >= 4 is 29.9 Å². The molecule has 0 bridgehead atoms. The van der Waals surface area contributed by atoms with Gasteiger partial charge in [-0.15, -0.1) is 12.4 Å². The number of benzene rings is 1. The summed E-state index contributed by atoms with van der Waals surface area (Å²) in [6.45, 7) is 2.18. The van der Waals surface area contributed by atoms with Gasteiger partial charge in [0.15, 0.2) is 0 Å². The molecule has 0 aromatic heterocycles. The zero-order valence-electron chi connectivity index (χ0n) is 13.2. The second-order valence-electron chi connectivity index (χ2n) is 5.74. The smallest absolute Gasteiger partial charge is 0.228 e. The van der Waals surface area contributed by atoms with Crippen LogP contribution >= 0.6 is 24.0 Å². The minimum Gasteiger partial charge on any atom is -0.387 e. The number of carbonyl (C=O) groups excluding carboxylic acids is 1. The van der Waals surface area contributed by atoms with Crippen molar-refractivity contribution in [3.8, 4) is 0 Å². The maximum absolute atomic E-state index is 12.5. The van der Waals surface area contributed by atoms with Gasteiger partial charge in [0.25, 0.3) is 0 Å². The van der Waals surface area contributed by atoms with Crippen LogP contribution in [0.5, 0.6) is 0 Å². The van der Waals surface area contributed by atoms with E-state index in [1.54, 1.807) is 31.4 Å². The Morgan fingerprint density at radius 2 is 2.00 bits per heavy atom. The summed E-state index contributed by atoms with van der Waals surface area (Å²) in [6.07, 6.45) is 0.732. The summed E-state index contributed by atoms with van der Waals surface area (Å²) >= 11 is 5.83. The maximum atomic E-state index is 12.5. The van der Waals surface area contributed by atoms with Gasteiger partial charge in [0.2, 0.25) is 5.91 Å². The van der Waals surface area contributed by atoms with Crippen LogP contribution in [0.4, 0.5) is 0 Å². The summed E-state index contributed by atoms with van der Waals surface area (Å²) in [5, 5.41) is 16.9. The zero-order valence-corrected chi connectivity index (χ0v) is 14.8. The lowest BCUT2D eigenvalue weighted by atomic mass is 9.78. The summed E-state index contributed by atoms with van der Waals surface area (Å²) in [4.78, 5) is 12.5. The topological polar surface area (TPSA) is 70.6 Å². The van der Waals surface area contributed by atoms with Crippen LogP contribution in [0.3, 0.4) is 0 Å². The molecule has 1 aromatic carbocycles. The van der Waals surface area contributed by atoms with Crippen LogP contribution < -0.4 is 10.6 Å². The Labute approximate surface area is 148 Å². The first kappa shape index (κ1) is 20.2. The Bertz CT molecular complexity index is 485. The lowest BCUT2D eigenvalue weighted by Crippen LogP contribution is -2.50. The molecule has 1 aliphatic rings. The minimum absolute atomic E-state index is 0. The number of nitrogens with one attached hydrogen (secondary N) is 2. The molecule has 130 valence electrons. The SMILES string of the molecule is COCC1(C(=O)NCC(O)c2ccc(Cl)cc2)CCNCC1.Cl. The Balaban J connectivity index is 0.00000264. The van der Waals surface area contributed by atoms with Gasteiger partial charge in [-0.05, 0) is 43.6 Å². The largest absolute Gasteiger partial charge is 0.387 e. The van der Waals surface area contributed by atoms with E-state index in [0.717, 1.165) is 31.5 Å². The third-order valence-corrected chi connectivity index (χ3v) is 4.43. The van der Waals surface area contributed by atoms with E-state index in [4.69, 9.17) is 16.3 Å². The predicted molar refractivity (Wildman–Crippen MR) is 93.1 cm³/mol. The normalized spacial score (nSPS) is 17.9. The molecule has 1 heterocycles. The molecule has 3 N–H and O–H groups in total. The highest BCUT2D eigenvalue weighted by Gasteiger charge is 2.39. The van der Waals surface area contributed by atoms with Crippen molar-refractivity contribution in [1.82, 2.24) is 10.6 Å². The molecule has 1 atom stereocenters. The van der Waals surface area contributed by atoms with E-state index in [0.29, 0.717) is 11.6 Å². The van der Waals surface area contributed by atoms with E-state index in [-0.39, 0.29) is 24.9 Å². The number of halogens is 2. The van der Waals surface area contributed by atoms with Crippen LogP contribution in [0, 0.1) is 5.41 Å². The number of aliphatic hydroxyl groups is 1. The van der Waals surface area contributed by atoms with Crippen molar-refractivity contribution in [3.63, 3.8) is 0 Å². The first-order chi connectivity index (χ1) is 10.6. The van der Waals surface area contributed by atoms with Gasteiger partial charge in [0.1, 0.15) is 0 Å². The van der Waals surface area contributed by atoms with Gasteiger partial charge in [0.05, 0.1) is 18.1 Å². The third-order valence-electron chi connectivity index (χ3n) is 4.17. The number of hydrogen-bond donors (Lipinski definition) is 3. The van der Waals surface area contributed by atoms with Crippen molar-refractivity contribution < 1.29 is 14.6 Å². The van der Waals surface area contributed by atoms with Gasteiger partial charge in [-0.25, -0.2) is 0 Å². The van der Waals surface area contributed by atoms with E-state index in [9.17, 15) is 9.90 Å². The monoisotopic (exact) mass is 362 g/mol. The zero-order chi connectivity index (χ0) is 16.0. The molecule has 0 radical (unpaired) electrons. The first-order valence-electron chi connectivity index (χ1n) is 7.49. The molecule has 2 rings (SSSR count). The average molecular weight is 363 g/mol. The van der Waals surface area contributed by atoms with Crippen LogP contribution in [0.25, 0.3) is 0 Å². The van der Waals surface area contributed by atoms with E-state index < -0.39 is 11.5 Å². The van der Waals surface area contributed by atoms with Crippen molar-refractivity contribution in [2.75, 3.05) is 33.4 Å². The third kappa shape index (κ3) is 5.33. The summed E-state index contributed by atoms with van der Waals surface area (Å²) < 4.78 is 5.24. The molecule has 1 aromatic rings. The second kappa shape index (κ2) is 9.45.